The van der Waals surface area contributed by atoms with Gasteiger partial charge in [-0.2, -0.15) is 0 Å². The lowest BCUT2D eigenvalue weighted by molar-refractivity contribution is 1.33. The molecule has 0 fully saturated rings. The smallest absolute Gasteiger partial charge is 0.197 e. The fourth-order valence-electron chi connectivity index (χ4n) is 1.11. The lowest BCUT2D eigenvalue weighted by Crippen LogP contribution is -1.85. The maximum atomic E-state index is 5.75. The molecule has 0 aliphatic carbocycles. The Kier molecular flexibility index (Phi) is 1.94. The first-order chi connectivity index (χ1) is 6.25. The van der Waals surface area contributed by atoms with Crippen molar-refractivity contribution in [3.05, 3.63) is 35.5 Å². The summed E-state index contributed by atoms with van der Waals surface area (Å²) in [6.45, 7) is 0. The summed E-state index contributed by atoms with van der Waals surface area (Å²) in [6.07, 6.45) is 1.69. The van der Waals surface area contributed by atoms with Crippen molar-refractivity contribution in [3.8, 4) is 11.3 Å². The molecule has 3 N–H and O–H groups in total. The number of hydrogen-bond donors (Lipinski definition) is 2. The first-order valence-corrected chi connectivity index (χ1v) is 4.20. The van der Waals surface area contributed by atoms with E-state index in [1.54, 1.807) is 6.20 Å². The van der Waals surface area contributed by atoms with Gasteiger partial charge in [0.25, 0.3) is 0 Å². The molecular weight excluding hydrogens is 186 g/mol. The highest BCUT2D eigenvalue weighted by atomic mass is 35.5. The van der Waals surface area contributed by atoms with E-state index in [2.05, 4.69) is 9.97 Å². The molecule has 1 aromatic heterocycles. The van der Waals surface area contributed by atoms with Crippen LogP contribution in [0.2, 0.25) is 5.02 Å². The molecule has 66 valence electrons. The van der Waals surface area contributed by atoms with Crippen LogP contribution in [0, 0.1) is 0 Å². The van der Waals surface area contributed by atoms with Gasteiger partial charge in [-0.3, -0.25) is 0 Å². The first kappa shape index (κ1) is 8.13. The molecule has 1 heterocycles. The quantitative estimate of drug-likeness (QED) is 0.730. The molecule has 0 radical (unpaired) electrons. The number of rotatable bonds is 1. The number of nitrogens with zero attached hydrogens (tertiary/aromatic N) is 1. The molecule has 0 aliphatic heterocycles. The van der Waals surface area contributed by atoms with Gasteiger partial charge in [0.05, 0.1) is 11.9 Å². The largest absolute Gasteiger partial charge is 0.369 e. The number of halogens is 1. The average Bonchev–Trinajstić information content (AvgIpc) is 2.53. The standard InChI is InChI=1S/C9H8ClN3/c10-7-3-1-6(2-4-7)8-5-12-9(11)13-8/h1-5H,(H3,11,12,13). The molecule has 0 saturated carbocycles. The van der Waals surface area contributed by atoms with Crippen LogP contribution >= 0.6 is 11.6 Å². The zero-order chi connectivity index (χ0) is 9.26. The zero-order valence-corrected chi connectivity index (χ0v) is 7.55. The van der Waals surface area contributed by atoms with Crippen LogP contribution in [0.3, 0.4) is 0 Å². The van der Waals surface area contributed by atoms with Crippen LogP contribution < -0.4 is 5.73 Å². The number of aromatic nitrogens is 2. The Morgan fingerprint density at radius 2 is 1.92 bits per heavy atom. The van der Waals surface area contributed by atoms with Crippen molar-refractivity contribution in [3.63, 3.8) is 0 Å². The minimum absolute atomic E-state index is 0.421. The van der Waals surface area contributed by atoms with Gasteiger partial charge in [-0.25, -0.2) is 4.98 Å². The molecule has 4 heteroatoms. The summed E-state index contributed by atoms with van der Waals surface area (Å²) >= 11 is 5.75. The molecular formula is C9H8ClN3. The summed E-state index contributed by atoms with van der Waals surface area (Å²) in [5.41, 5.74) is 7.37. The monoisotopic (exact) mass is 193 g/mol. The van der Waals surface area contributed by atoms with Gasteiger partial charge in [0.2, 0.25) is 0 Å². The number of hydrogen-bond acceptors (Lipinski definition) is 2. The van der Waals surface area contributed by atoms with Crippen LogP contribution in [0.5, 0.6) is 0 Å². The summed E-state index contributed by atoms with van der Waals surface area (Å²) in [7, 11) is 0. The van der Waals surface area contributed by atoms with Gasteiger partial charge in [-0.1, -0.05) is 23.7 Å². The van der Waals surface area contributed by atoms with Gasteiger partial charge in [0.1, 0.15) is 0 Å². The Morgan fingerprint density at radius 3 is 2.46 bits per heavy atom. The molecule has 0 spiro atoms. The van der Waals surface area contributed by atoms with Gasteiger partial charge in [0.15, 0.2) is 5.95 Å². The van der Waals surface area contributed by atoms with Crippen molar-refractivity contribution in [2.24, 2.45) is 0 Å². The molecule has 13 heavy (non-hydrogen) atoms. The minimum Gasteiger partial charge on any atom is -0.369 e. The Balaban J connectivity index is 2.41. The van der Waals surface area contributed by atoms with E-state index >= 15 is 0 Å². The topological polar surface area (TPSA) is 54.7 Å². The minimum atomic E-state index is 0.421. The third-order valence-electron chi connectivity index (χ3n) is 1.75. The SMILES string of the molecule is Nc1ncc(-c2ccc(Cl)cc2)[nH]1. The Bertz CT molecular complexity index is 405. The highest BCUT2D eigenvalue weighted by molar-refractivity contribution is 6.30. The molecule has 0 amide bonds. The van der Waals surface area contributed by atoms with Crippen molar-refractivity contribution in [1.82, 2.24) is 9.97 Å². The first-order valence-electron chi connectivity index (χ1n) is 3.82. The average molecular weight is 194 g/mol. The van der Waals surface area contributed by atoms with Crippen LogP contribution in [-0.2, 0) is 0 Å². The molecule has 0 saturated heterocycles. The van der Waals surface area contributed by atoms with Crippen LogP contribution in [0.1, 0.15) is 0 Å². The molecule has 2 rings (SSSR count). The lowest BCUT2D eigenvalue weighted by Gasteiger charge is -1.96. The van der Waals surface area contributed by atoms with E-state index in [4.69, 9.17) is 17.3 Å². The maximum Gasteiger partial charge on any atom is 0.197 e. The third-order valence-corrected chi connectivity index (χ3v) is 2.00. The van der Waals surface area contributed by atoms with E-state index in [9.17, 15) is 0 Å². The lowest BCUT2D eigenvalue weighted by atomic mass is 10.2. The van der Waals surface area contributed by atoms with Gasteiger partial charge in [-0.15, -0.1) is 0 Å². The highest BCUT2D eigenvalue weighted by Gasteiger charge is 1.99. The van der Waals surface area contributed by atoms with Crippen molar-refractivity contribution in [1.29, 1.82) is 0 Å². The number of H-pyrrole nitrogens is 1. The predicted molar refractivity (Wildman–Crippen MR) is 53.4 cm³/mol. The number of benzene rings is 1. The maximum absolute atomic E-state index is 5.75. The van der Waals surface area contributed by atoms with E-state index in [1.165, 1.54) is 0 Å². The molecule has 0 aliphatic rings. The Morgan fingerprint density at radius 1 is 1.23 bits per heavy atom. The molecule has 0 unspecified atom stereocenters. The summed E-state index contributed by atoms with van der Waals surface area (Å²) in [6, 6.07) is 7.48. The van der Waals surface area contributed by atoms with Crippen molar-refractivity contribution in [2.45, 2.75) is 0 Å². The van der Waals surface area contributed by atoms with E-state index in [0.717, 1.165) is 16.3 Å². The van der Waals surface area contributed by atoms with Crippen LogP contribution in [0.15, 0.2) is 30.5 Å². The van der Waals surface area contributed by atoms with Crippen molar-refractivity contribution in [2.75, 3.05) is 5.73 Å². The third kappa shape index (κ3) is 1.65. The molecule has 2 aromatic rings. The zero-order valence-electron chi connectivity index (χ0n) is 6.79. The second kappa shape index (κ2) is 3.11. The molecule has 0 atom stereocenters. The number of nitrogens with one attached hydrogen (secondary N) is 1. The highest BCUT2D eigenvalue weighted by Crippen LogP contribution is 2.19. The number of imidazole rings is 1. The number of nitrogens with two attached hydrogens (primary N) is 1. The number of anilines is 1. The summed E-state index contributed by atoms with van der Waals surface area (Å²) in [5, 5.41) is 0.719. The van der Waals surface area contributed by atoms with E-state index < -0.39 is 0 Å². The van der Waals surface area contributed by atoms with Crippen LogP contribution in [0.4, 0.5) is 5.95 Å². The molecule has 3 nitrogen and oxygen atoms in total. The number of aromatic amines is 1. The Labute approximate surface area is 80.6 Å². The second-order valence-corrected chi connectivity index (χ2v) is 3.13. The van der Waals surface area contributed by atoms with Crippen molar-refractivity contribution >= 4 is 17.5 Å². The fourth-order valence-corrected chi connectivity index (χ4v) is 1.24. The van der Waals surface area contributed by atoms with Crippen LogP contribution in [-0.4, -0.2) is 9.97 Å². The van der Waals surface area contributed by atoms with E-state index in [0.29, 0.717) is 5.95 Å². The second-order valence-electron chi connectivity index (χ2n) is 2.69. The van der Waals surface area contributed by atoms with Gasteiger partial charge in [-0.05, 0) is 17.7 Å². The van der Waals surface area contributed by atoms with Crippen LogP contribution in [0.25, 0.3) is 11.3 Å². The predicted octanol–water partition coefficient (Wildman–Crippen LogP) is 2.31. The molecule has 1 aromatic carbocycles. The van der Waals surface area contributed by atoms with Gasteiger partial charge < -0.3 is 10.7 Å². The fraction of sp³-hybridized carbons (Fsp3) is 0. The van der Waals surface area contributed by atoms with Gasteiger partial charge in [0, 0.05) is 5.02 Å². The summed E-state index contributed by atoms with van der Waals surface area (Å²) in [5.74, 6) is 0.421. The number of nitrogen functional groups attached to an aromatic ring is 1. The van der Waals surface area contributed by atoms with Gasteiger partial charge >= 0.3 is 0 Å². The molecule has 0 bridgehead atoms. The van der Waals surface area contributed by atoms with E-state index in [-0.39, 0.29) is 0 Å². The summed E-state index contributed by atoms with van der Waals surface area (Å²) < 4.78 is 0. The van der Waals surface area contributed by atoms with E-state index in [1.807, 2.05) is 24.3 Å². The normalized spacial score (nSPS) is 10.2. The summed E-state index contributed by atoms with van der Waals surface area (Å²) in [4.78, 5) is 6.84. The Hall–Kier alpha value is -1.48. The van der Waals surface area contributed by atoms with Crippen molar-refractivity contribution < 1.29 is 0 Å².